The Balaban J connectivity index is 1.68. The van der Waals surface area contributed by atoms with Crippen LogP contribution in [0.25, 0.3) is 10.6 Å². The molecule has 0 aliphatic carbocycles. The lowest BCUT2D eigenvalue weighted by Crippen LogP contribution is -2.22. The molecule has 1 unspecified atom stereocenters. The molecule has 2 aromatic carbocycles. The van der Waals surface area contributed by atoms with Gasteiger partial charge in [-0.05, 0) is 43.7 Å². The van der Waals surface area contributed by atoms with E-state index in [1.54, 1.807) is 23.5 Å². The minimum Gasteiger partial charge on any atom is -0.294 e. The van der Waals surface area contributed by atoms with Crippen molar-refractivity contribution in [3.05, 3.63) is 70.7 Å². The average Bonchev–Trinajstić information content (AvgIpc) is 3.15. The lowest BCUT2D eigenvalue weighted by molar-refractivity contribution is 0.250. The minimum atomic E-state index is -3.16. The van der Waals surface area contributed by atoms with Crippen LogP contribution in [-0.2, 0) is 22.8 Å². The Kier molecular flexibility index (Phi) is 6.33. The van der Waals surface area contributed by atoms with Gasteiger partial charge in [0.25, 0.3) is 0 Å². The van der Waals surface area contributed by atoms with E-state index in [0.29, 0.717) is 4.90 Å². The zero-order chi connectivity index (χ0) is 20.3. The third-order valence-electron chi connectivity index (χ3n) is 5.02. The molecule has 0 spiro atoms. The van der Waals surface area contributed by atoms with Gasteiger partial charge in [0.1, 0.15) is 5.01 Å². The largest absolute Gasteiger partial charge is 0.294 e. The highest BCUT2D eigenvalue weighted by Crippen LogP contribution is 2.27. The molecule has 0 N–H and O–H groups in total. The van der Waals surface area contributed by atoms with Crippen molar-refractivity contribution in [3.63, 3.8) is 0 Å². The smallest absolute Gasteiger partial charge is 0.175 e. The fourth-order valence-electron chi connectivity index (χ4n) is 3.04. The summed E-state index contributed by atoms with van der Waals surface area (Å²) in [6.07, 6.45) is 2.27. The molecule has 148 valence electrons. The van der Waals surface area contributed by atoms with Crippen LogP contribution in [0, 0.1) is 0 Å². The van der Waals surface area contributed by atoms with Crippen LogP contribution in [0.2, 0.25) is 0 Å². The van der Waals surface area contributed by atoms with Gasteiger partial charge in [0.05, 0.1) is 10.6 Å². The Morgan fingerprint density at radius 1 is 1.07 bits per heavy atom. The highest BCUT2D eigenvalue weighted by atomic mass is 32.2. The quantitative estimate of drug-likeness (QED) is 0.548. The Morgan fingerprint density at radius 2 is 1.71 bits per heavy atom. The standard InChI is InChI=1S/C22H26N2O2S2/c1-5-17-6-8-19(9-7-17)22-23-20(15-27-22)14-24(3)16(2)18-10-12-21(13-11-18)28(4,25)26/h6-13,15-16H,5,14H2,1-4H3. The highest BCUT2D eigenvalue weighted by molar-refractivity contribution is 7.90. The normalized spacial score (nSPS) is 13.0. The van der Waals surface area contributed by atoms with Gasteiger partial charge in [-0.25, -0.2) is 13.4 Å². The van der Waals surface area contributed by atoms with Crippen molar-refractivity contribution in [2.45, 2.75) is 37.8 Å². The number of hydrogen-bond acceptors (Lipinski definition) is 5. The first kappa shape index (κ1) is 20.7. The third-order valence-corrected chi connectivity index (χ3v) is 7.09. The molecule has 0 saturated carbocycles. The first-order valence-corrected chi connectivity index (χ1v) is 12.1. The molecule has 1 heterocycles. The van der Waals surface area contributed by atoms with Crippen molar-refractivity contribution in [2.24, 2.45) is 0 Å². The van der Waals surface area contributed by atoms with Crippen LogP contribution in [0.5, 0.6) is 0 Å². The van der Waals surface area contributed by atoms with Crippen molar-refractivity contribution in [1.29, 1.82) is 0 Å². The molecule has 0 bridgehead atoms. The van der Waals surface area contributed by atoms with Gasteiger partial charge < -0.3 is 0 Å². The predicted octanol–water partition coefficient (Wildman–Crippen LogP) is 4.97. The summed E-state index contributed by atoms with van der Waals surface area (Å²) in [5.41, 5.74) is 4.61. The SMILES string of the molecule is CCc1ccc(-c2nc(CN(C)C(C)c3ccc(S(C)(=O)=O)cc3)cs2)cc1. The number of hydrogen-bond donors (Lipinski definition) is 0. The second-order valence-corrected chi connectivity index (χ2v) is 10.0. The number of thiazole rings is 1. The van der Waals surface area contributed by atoms with Gasteiger partial charge in [-0.3, -0.25) is 4.90 Å². The van der Waals surface area contributed by atoms with E-state index in [1.165, 1.54) is 11.8 Å². The van der Waals surface area contributed by atoms with Gasteiger partial charge in [-0.15, -0.1) is 11.3 Å². The molecule has 3 aromatic rings. The van der Waals surface area contributed by atoms with Crippen molar-refractivity contribution in [1.82, 2.24) is 9.88 Å². The molecule has 0 saturated heterocycles. The summed E-state index contributed by atoms with van der Waals surface area (Å²) < 4.78 is 23.3. The van der Waals surface area contributed by atoms with E-state index in [2.05, 4.69) is 55.4 Å². The highest BCUT2D eigenvalue weighted by Gasteiger charge is 2.15. The number of aromatic nitrogens is 1. The molecule has 1 aromatic heterocycles. The van der Waals surface area contributed by atoms with E-state index in [1.807, 2.05) is 12.1 Å². The van der Waals surface area contributed by atoms with Crippen LogP contribution in [-0.4, -0.2) is 31.6 Å². The summed E-state index contributed by atoms with van der Waals surface area (Å²) in [5, 5.41) is 3.15. The molecule has 0 fully saturated rings. The fourth-order valence-corrected chi connectivity index (χ4v) is 4.48. The van der Waals surface area contributed by atoms with Crippen LogP contribution < -0.4 is 0 Å². The number of sulfone groups is 1. The topological polar surface area (TPSA) is 50.3 Å². The maximum absolute atomic E-state index is 11.6. The Bertz CT molecular complexity index is 1020. The van der Waals surface area contributed by atoms with Crippen molar-refractivity contribution >= 4 is 21.2 Å². The summed E-state index contributed by atoms with van der Waals surface area (Å²) in [5.74, 6) is 0. The molecule has 28 heavy (non-hydrogen) atoms. The van der Waals surface area contributed by atoms with Gasteiger partial charge in [0.15, 0.2) is 9.84 Å². The average molecular weight is 415 g/mol. The van der Waals surface area contributed by atoms with E-state index < -0.39 is 9.84 Å². The van der Waals surface area contributed by atoms with E-state index in [4.69, 9.17) is 4.98 Å². The third kappa shape index (κ3) is 4.87. The molecule has 4 nitrogen and oxygen atoms in total. The summed E-state index contributed by atoms with van der Waals surface area (Å²) in [6.45, 7) is 5.01. The van der Waals surface area contributed by atoms with Gasteiger partial charge in [0, 0.05) is 29.8 Å². The molecular weight excluding hydrogens is 388 g/mol. The summed E-state index contributed by atoms with van der Waals surface area (Å²) in [7, 11) is -1.10. The Morgan fingerprint density at radius 3 is 2.29 bits per heavy atom. The van der Waals surface area contributed by atoms with E-state index in [-0.39, 0.29) is 6.04 Å². The first-order valence-electron chi connectivity index (χ1n) is 9.32. The zero-order valence-corrected chi connectivity index (χ0v) is 18.3. The van der Waals surface area contributed by atoms with Gasteiger partial charge in [0.2, 0.25) is 0 Å². The fraction of sp³-hybridized carbons (Fsp3) is 0.318. The van der Waals surface area contributed by atoms with Gasteiger partial charge >= 0.3 is 0 Å². The Hall–Kier alpha value is -2.02. The second kappa shape index (κ2) is 8.55. The summed E-state index contributed by atoms with van der Waals surface area (Å²) in [4.78, 5) is 7.36. The van der Waals surface area contributed by atoms with Crippen LogP contribution >= 0.6 is 11.3 Å². The van der Waals surface area contributed by atoms with Crippen molar-refractivity contribution in [3.8, 4) is 10.6 Å². The summed E-state index contributed by atoms with van der Waals surface area (Å²) >= 11 is 1.67. The maximum atomic E-state index is 11.6. The molecule has 0 radical (unpaired) electrons. The lowest BCUT2D eigenvalue weighted by Gasteiger charge is -2.24. The number of rotatable bonds is 7. The van der Waals surface area contributed by atoms with Crippen LogP contribution in [0.1, 0.15) is 36.7 Å². The van der Waals surface area contributed by atoms with Crippen molar-refractivity contribution < 1.29 is 8.42 Å². The minimum absolute atomic E-state index is 0.155. The molecule has 3 rings (SSSR count). The molecular formula is C22H26N2O2S2. The van der Waals surface area contributed by atoms with Crippen LogP contribution in [0.3, 0.4) is 0 Å². The van der Waals surface area contributed by atoms with E-state index >= 15 is 0 Å². The molecule has 0 aliphatic rings. The van der Waals surface area contributed by atoms with Crippen molar-refractivity contribution in [2.75, 3.05) is 13.3 Å². The molecule has 0 aliphatic heterocycles. The zero-order valence-electron chi connectivity index (χ0n) is 16.7. The number of aryl methyl sites for hydroxylation is 1. The molecule has 1 atom stereocenters. The monoisotopic (exact) mass is 414 g/mol. The maximum Gasteiger partial charge on any atom is 0.175 e. The molecule has 0 amide bonds. The van der Waals surface area contributed by atoms with Gasteiger partial charge in [-0.2, -0.15) is 0 Å². The second-order valence-electron chi connectivity index (χ2n) is 7.13. The number of benzene rings is 2. The van der Waals surface area contributed by atoms with Crippen LogP contribution in [0.15, 0.2) is 58.8 Å². The van der Waals surface area contributed by atoms with Gasteiger partial charge in [-0.1, -0.05) is 43.3 Å². The molecule has 6 heteroatoms. The van der Waals surface area contributed by atoms with Crippen LogP contribution in [0.4, 0.5) is 0 Å². The van der Waals surface area contributed by atoms with E-state index in [9.17, 15) is 8.42 Å². The summed E-state index contributed by atoms with van der Waals surface area (Å²) in [6, 6.07) is 15.9. The first-order chi connectivity index (χ1) is 13.3. The predicted molar refractivity (Wildman–Crippen MR) is 116 cm³/mol. The van der Waals surface area contributed by atoms with E-state index in [0.717, 1.165) is 34.8 Å². The Labute approximate surface area is 171 Å². The number of nitrogens with zero attached hydrogens (tertiary/aromatic N) is 2. The lowest BCUT2D eigenvalue weighted by atomic mass is 10.1.